The third-order valence-corrected chi connectivity index (χ3v) is 3.59. The number of ether oxygens (including phenoxy) is 1. The molecule has 106 valence electrons. The molecule has 2 rings (SSSR count). The highest BCUT2D eigenvalue weighted by Gasteiger charge is 2.30. The fourth-order valence-corrected chi connectivity index (χ4v) is 2.64. The van der Waals surface area contributed by atoms with Crippen LogP contribution >= 0.6 is 0 Å². The molecule has 2 atom stereocenters. The van der Waals surface area contributed by atoms with Gasteiger partial charge in [0.2, 0.25) is 5.91 Å². The topological polar surface area (TPSA) is 56.1 Å². The quantitative estimate of drug-likeness (QED) is 0.868. The smallest absolute Gasteiger partial charge is 0.226 e. The maximum atomic E-state index is 11.9. The van der Waals surface area contributed by atoms with Gasteiger partial charge in [0.1, 0.15) is 0 Å². The normalized spacial score (nSPS) is 22.9. The maximum absolute atomic E-state index is 11.9. The lowest BCUT2D eigenvalue weighted by atomic mass is 9.93. The van der Waals surface area contributed by atoms with Gasteiger partial charge in [0.05, 0.1) is 18.2 Å². The number of nitrogens with one attached hydrogen (secondary N) is 1. The highest BCUT2D eigenvalue weighted by Crippen LogP contribution is 2.26. The minimum Gasteiger partial charge on any atom is -0.378 e. The Labute approximate surface area is 114 Å². The van der Waals surface area contributed by atoms with Crippen LogP contribution in [0.25, 0.3) is 0 Å². The molecule has 0 unspecified atom stereocenters. The molecule has 5 heteroatoms. The SMILES string of the molecule is CC(C)[C@H]1OCC[C@@H]1CNC(=O)Cc1ccn(C)n1. The summed E-state index contributed by atoms with van der Waals surface area (Å²) in [6, 6.07) is 1.87. The molecule has 1 aliphatic rings. The summed E-state index contributed by atoms with van der Waals surface area (Å²) in [6.07, 6.45) is 3.51. The number of hydrogen-bond donors (Lipinski definition) is 1. The molecule has 1 aromatic rings. The van der Waals surface area contributed by atoms with Gasteiger partial charge in [0.25, 0.3) is 0 Å². The molecule has 0 spiro atoms. The van der Waals surface area contributed by atoms with Gasteiger partial charge < -0.3 is 10.1 Å². The first-order chi connectivity index (χ1) is 9.06. The van der Waals surface area contributed by atoms with Gasteiger partial charge in [-0.25, -0.2) is 0 Å². The van der Waals surface area contributed by atoms with Crippen LogP contribution < -0.4 is 5.32 Å². The second-order valence-corrected chi connectivity index (χ2v) is 5.59. The van der Waals surface area contributed by atoms with Crippen molar-refractivity contribution in [2.24, 2.45) is 18.9 Å². The number of aromatic nitrogens is 2. The van der Waals surface area contributed by atoms with Crippen molar-refractivity contribution in [2.45, 2.75) is 32.8 Å². The van der Waals surface area contributed by atoms with Gasteiger partial charge in [-0.15, -0.1) is 0 Å². The highest BCUT2D eigenvalue weighted by atomic mass is 16.5. The zero-order valence-corrected chi connectivity index (χ0v) is 11.9. The van der Waals surface area contributed by atoms with E-state index >= 15 is 0 Å². The summed E-state index contributed by atoms with van der Waals surface area (Å²) < 4.78 is 7.42. The van der Waals surface area contributed by atoms with Gasteiger partial charge in [-0.1, -0.05) is 13.8 Å². The number of amides is 1. The van der Waals surface area contributed by atoms with Crippen molar-refractivity contribution < 1.29 is 9.53 Å². The molecule has 5 nitrogen and oxygen atoms in total. The van der Waals surface area contributed by atoms with Crippen LogP contribution in [0, 0.1) is 11.8 Å². The van der Waals surface area contributed by atoms with E-state index in [1.54, 1.807) is 4.68 Å². The van der Waals surface area contributed by atoms with E-state index in [0.717, 1.165) is 18.7 Å². The minimum atomic E-state index is 0.0353. The molecule has 2 heterocycles. The number of carbonyl (C=O) groups excluding carboxylic acids is 1. The van der Waals surface area contributed by atoms with Gasteiger partial charge in [0, 0.05) is 32.3 Å². The minimum absolute atomic E-state index is 0.0353. The van der Waals surface area contributed by atoms with Crippen LogP contribution in [-0.2, 0) is 23.0 Å². The van der Waals surface area contributed by atoms with Gasteiger partial charge in [-0.2, -0.15) is 5.10 Å². The number of aryl methyl sites for hydroxylation is 1. The second kappa shape index (κ2) is 6.19. The van der Waals surface area contributed by atoms with Crippen LogP contribution in [-0.4, -0.2) is 34.9 Å². The fraction of sp³-hybridized carbons (Fsp3) is 0.714. The predicted octanol–water partition coefficient (Wildman–Crippen LogP) is 1.14. The Bertz CT molecular complexity index is 428. The van der Waals surface area contributed by atoms with E-state index in [-0.39, 0.29) is 12.0 Å². The van der Waals surface area contributed by atoms with Crippen LogP contribution in [0.4, 0.5) is 0 Å². The lowest BCUT2D eigenvalue weighted by molar-refractivity contribution is -0.120. The van der Waals surface area contributed by atoms with Crippen LogP contribution in [0.2, 0.25) is 0 Å². The van der Waals surface area contributed by atoms with Crippen LogP contribution in [0.5, 0.6) is 0 Å². The van der Waals surface area contributed by atoms with E-state index in [0.29, 0.717) is 24.8 Å². The first kappa shape index (κ1) is 14.1. The molecule has 19 heavy (non-hydrogen) atoms. The van der Waals surface area contributed by atoms with Gasteiger partial charge in [-0.05, 0) is 18.4 Å². The average molecular weight is 265 g/mol. The summed E-state index contributed by atoms with van der Waals surface area (Å²) in [6.45, 7) is 5.84. The standard InChI is InChI=1S/C14H23N3O2/c1-10(2)14-11(5-7-19-14)9-15-13(18)8-12-4-6-17(3)16-12/h4,6,10-11,14H,5,7-9H2,1-3H3,(H,15,18)/t11-,14-/m1/s1. The summed E-state index contributed by atoms with van der Waals surface area (Å²) in [4.78, 5) is 11.9. The first-order valence-corrected chi connectivity index (χ1v) is 6.93. The van der Waals surface area contributed by atoms with E-state index in [1.165, 1.54) is 0 Å². The molecule has 0 aliphatic carbocycles. The molecular weight excluding hydrogens is 242 g/mol. The van der Waals surface area contributed by atoms with E-state index in [9.17, 15) is 4.79 Å². The van der Waals surface area contributed by atoms with Crippen LogP contribution in [0.1, 0.15) is 26.0 Å². The van der Waals surface area contributed by atoms with Gasteiger partial charge in [0.15, 0.2) is 0 Å². The fourth-order valence-electron chi connectivity index (χ4n) is 2.64. The number of rotatable bonds is 5. The number of hydrogen-bond acceptors (Lipinski definition) is 3. The van der Waals surface area contributed by atoms with E-state index in [1.807, 2.05) is 19.3 Å². The predicted molar refractivity (Wildman–Crippen MR) is 72.6 cm³/mol. The summed E-state index contributed by atoms with van der Waals surface area (Å²) in [5.74, 6) is 0.973. The molecule has 0 bridgehead atoms. The molecule has 0 saturated carbocycles. The number of nitrogens with zero attached hydrogens (tertiary/aromatic N) is 2. The molecule has 1 aliphatic heterocycles. The Hall–Kier alpha value is -1.36. The monoisotopic (exact) mass is 265 g/mol. The molecule has 1 aromatic heterocycles. The Morgan fingerprint density at radius 2 is 2.42 bits per heavy atom. The van der Waals surface area contributed by atoms with Crippen molar-refractivity contribution in [1.82, 2.24) is 15.1 Å². The lowest BCUT2D eigenvalue weighted by Crippen LogP contribution is -2.35. The van der Waals surface area contributed by atoms with Crippen molar-refractivity contribution in [2.75, 3.05) is 13.2 Å². The molecule has 1 saturated heterocycles. The van der Waals surface area contributed by atoms with E-state index in [4.69, 9.17) is 4.74 Å². The maximum Gasteiger partial charge on any atom is 0.226 e. The Morgan fingerprint density at radius 3 is 3.05 bits per heavy atom. The Morgan fingerprint density at radius 1 is 1.63 bits per heavy atom. The molecular formula is C14H23N3O2. The Kier molecular flexibility index (Phi) is 4.58. The summed E-state index contributed by atoms with van der Waals surface area (Å²) in [5, 5.41) is 7.20. The lowest BCUT2D eigenvalue weighted by Gasteiger charge is -2.22. The molecule has 0 radical (unpaired) electrons. The largest absolute Gasteiger partial charge is 0.378 e. The first-order valence-electron chi connectivity index (χ1n) is 6.93. The van der Waals surface area contributed by atoms with Crippen molar-refractivity contribution in [1.29, 1.82) is 0 Å². The Balaban J connectivity index is 1.77. The molecule has 1 amide bonds. The summed E-state index contributed by atoms with van der Waals surface area (Å²) in [5.41, 5.74) is 0.808. The van der Waals surface area contributed by atoms with Gasteiger partial charge in [-0.3, -0.25) is 9.48 Å². The van der Waals surface area contributed by atoms with E-state index < -0.39 is 0 Å². The van der Waals surface area contributed by atoms with Crippen LogP contribution in [0.3, 0.4) is 0 Å². The second-order valence-electron chi connectivity index (χ2n) is 5.59. The average Bonchev–Trinajstić information content (AvgIpc) is 2.95. The zero-order chi connectivity index (χ0) is 13.8. The van der Waals surface area contributed by atoms with Crippen molar-refractivity contribution in [3.8, 4) is 0 Å². The van der Waals surface area contributed by atoms with Crippen LogP contribution in [0.15, 0.2) is 12.3 Å². The van der Waals surface area contributed by atoms with Crippen molar-refractivity contribution >= 4 is 5.91 Å². The van der Waals surface area contributed by atoms with Crippen molar-refractivity contribution in [3.05, 3.63) is 18.0 Å². The summed E-state index contributed by atoms with van der Waals surface area (Å²) in [7, 11) is 1.85. The third-order valence-electron chi connectivity index (χ3n) is 3.59. The summed E-state index contributed by atoms with van der Waals surface area (Å²) >= 11 is 0. The zero-order valence-electron chi connectivity index (χ0n) is 11.9. The number of carbonyl (C=O) groups is 1. The molecule has 0 aromatic carbocycles. The molecule has 1 N–H and O–H groups in total. The third kappa shape index (κ3) is 3.80. The van der Waals surface area contributed by atoms with Gasteiger partial charge >= 0.3 is 0 Å². The van der Waals surface area contributed by atoms with E-state index in [2.05, 4.69) is 24.3 Å². The molecule has 1 fully saturated rings. The van der Waals surface area contributed by atoms with Crippen molar-refractivity contribution in [3.63, 3.8) is 0 Å². The highest BCUT2D eigenvalue weighted by molar-refractivity contribution is 5.78.